The van der Waals surface area contributed by atoms with Crippen LogP contribution in [-0.4, -0.2) is 38.3 Å². The van der Waals surface area contributed by atoms with Crippen LogP contribution in [0.15, 0.2) is 16.8 Å². The number of hydrogen-bond donors (Lipinski definition) is 1. The monoisotopic (exact) mass is 301 g/mol. The molecule has 1 atom stereocenters. The van der Waals surface area contributed by atoms with Crippen molar-refractivity contribution in [3.05, 3.63) is 29.7 Å². The minimum atomic E-state index is 0.500. The summed E-state index contributed by atoms with van der Waals surface area (Å²) in [5.41, 5.74) is 1.24. The zero-order chi connectivity index (χ0) is 14.8. The Labute approximate surface area is 130 Å². The molecule has 0 spiro atoms. The zero-order valence-electron chi connectivity index (χ0n) is 12.9. The van der Waals surface area contributed by atoms with Crippen LogP contribution < -0.4 is 0 Å². The fraction of sp³-hybridized carbons (Fsp3) is 0.688. The van der Waals surface area contributed by atoms with Crippen molar-refractivity contribution >= 4 is 0 Å². The molecule has 2 aromatic rings. The maximum atomic E-state index is 5.49. The molecule has 1 aliphatic heterocycles. The summed E-state index contributed by atoms with van der Waals surface area (Å²) in [6.07, 6.45) is 9.25. The van der Waals surface area contributed by atoms with E-state index in [9.17, 15) is 0 Å². The van der Waals surface area contributed by atoms with Crippen LogP contribution in [0.1, 0.15) is 67.8 Å². The first-order valence-corrected chi connectivity index (χ1v) is 8.42. The van der Waals surface area contributed by atoms with E-state index in [4.69, 9.17) is 4.52 Å². The molecule has 1 saturated heterocycles. The van der Waals surface area contributed by atoms with E-state index in [1.54, 1.807) is 0 Å². The molecule has 0 radical (unpaired) electrons. The Balaban J connectivity index is 1.38. The summed E-state index contributed by atoms with van der Waals surface area (Å²) in [6, 6.07) is 2.08. The second-order valence-corrected chi connectivity index (χ2v) is 6.62. The summed E-state index contributed by atoms with van der Waals surface area (Å²) in [6.45, 7) is 2.94. The van der Waals surface area contributed by atoms with Crippen LogP contribution in [0.25, 0.3) is 0 Å². The van der Waals surface area contributed by atoms with Gasteiger partial charge in [-0.3, -0.25) is 10.00 Å². The number of aromatic amines is 1. The molecule has 22 heavy (non-hydrogen) atoms. The van der Waals surface area contributed by atoms with Gasteiger partial charge in [-0.05, 0) is 38.3 Å². The molecule has 0 unspecified atom stereocenters. The Morgan fingerprint density at radius 1 is 1.18 bits per heavy atom. The predicted molar refractivity (Wildman–Crippen MR) is 81.3 cm³/mol. The number of rotatable bonds is 4. The number of nitrogens with zero attached hydrogens (tertiary/aromatic N) is 4. The summed E-state index contributed by atoms with van der Waals surface area (Å²) in [5, 5.41) is 11.4. The molecule has 0 aromatic carbocycles. The van der Waals surface area contributed by atoms with Crippen LogP contribution in [0.5, 0.6) is 0 Å². The molecule has 1 saturated carbocycles. The first kappa shape index (κ1) is 13.9. The highest BCUT2D eigenvalue weighted by molar-refractivity contribution is 5.07. The summed E-state index contributed by atoms with van der Waals surface area (Å²) in [4.78, 5) is 7.06. The lowest BCUT2D eigenvalue weighted by atomic mass is 9.95. The highest BCUT2D eigenvalue weighted by atomic mass is 16.5. The van der Waals surface area contributed by atoms with Gasteiger partial charge in [0.2, 0.25) is 5.89 Å². The largest absolute Gasteiger partial charge is 0.339 e. The minimum Gasteiger partial charge on any atom is -0.339 e. The van der Waals surface area contributed by atoms with Gasteiger partial charge in [-0.25, -0.2) is 0 Å². The van der Waals surface area contributed by atoms with Crippen LogP contribution in [0.4, 0.5) is 0 Å². The van der Waals surface area contributed by atoms with E-state index in [2.05, 4.69) is 31.3 Å². The fourth-order valence-electron chi connectivity index (χ4n) is 3.82. The topological polar surface area (TPSA) is 70.8 Å². The van der Waals surface area contributed by atoms with E-state index in [0.29, 0.717) is 11.8 Å². The predicted octanol–water partition coefficient (Wildman–Crippen LogP) is 2.83. The Bertz CT molecular complexity index is 587. The van der Waals surface area contributed by atoms with Gasteiger partial charge < -0.3 is 4.52 Å². The van der Waals surface area contributed by atoms with Gasteiger partial charge in [0.1, 0.15) is 0 Å². The average Bonchev–Trinajstić information content (AvgIpc) is 3.29. The lowest BCUT2D eigenvalue weighted by molar-refractivity contribution is 0.192. The van der Waals surface area contributed by atoms with Crippen molar-refractivity contribution in [1.29, 1.82) is 0 Å². The molecular weight excluding hydrogens is 278 g/mol. The van der Waals surface area contributed by atoms with Crippen molar-refractivity contribution in [2.24, 2.45) is 0 Å². The molecule has 4 rings (SSSR count). The van der Waals surface area contributed by atoms with Gasteiger partial charge in [0.05, 0.1) is 6.54 Å². The highest BCUT2D eigenvalue weighted by Gasteiger charge is 2.26. The van der Waals surface area contributed by atoms with E-state index in [1.165, 1.54) is 44.2 Å². The third-order valence-electron chi connectivity index (χ3n) is 5.02. The van der Waals surface area contributed by atoms with Gasteiger partial charge in [0, 0.05) is 30.3 Å². The number of aromatic nitrogens is 4. The minimum absolute atomic E-state index is 0.500. The Hall–Kier alpha value is -1.69. The van der Waals surface area contributed by atoms with Crippen molar-refractivity contribution in [1.82, 2.24) is 25.2 Å². The standard InChI is InChI=1S/C16H23N5O/c1-2-5-12(4-1)16-18-15(20-22-16)11-21-9-3-6-13(10-21)14-7-8-17-19-14/h7-8,12-13H,1-6,9-11H2,(H,17,19)/t13-/m1/s1. The van der Waals surface area contributed by atoms with E-state index >= 15 is 0 Å². The molecule has 3 heterocycles. The van der Waals surface area contributed by atoms with Gasteiger partial charge in [-0.15, -0.1) is 0 Å². The van der Waals surface area contributed by atoms with Crippen LogP contribution in [0, 0.1) is 0 Å². The lowest BCUT2D eigenvalue weighted by Crippen LogP contribution is -2.34. The smallest absolute Gasteiger partial charge is 0.229 e. The molecule has 0 bridgehead atoms. The van der Waals surface area contributed by atoms with Crippen LogP contribution >= 0.6 is 0 Å². The van der Waals surface area contributed by atoms with Crippen LogP contribution in [0.3, 0.4) is 0 Å². The summed E-state index contributed by atoms with van der Waals surface area (Å²) in [7, 11) is 0. The second-order valence-electron chi connectivity index (χ2n) is 6.62. The molecule has 2 aromatic heterocycles. The van der Waals surface area contributed by atoms with Gasteiger partial charge >= 0.3 is 0 Å². The Morgan fingerprint density at radius 3 is 2.86 bits per heavy atom. The van der Waals surface area contributed by atoms with Crippen molar-refractivity contribution < 1.29 is 4.52 Å². The quantitative estimate of drug-likeness (QED) is 0.940. The van der Waals surface area contributed by atoms with E-state index in [0.717, 1.165) is 31.3 Å². The van der Waals surface area contributed by atoms with Crippen molar-refractivity contribution in [2.45, 2.75) is 56.9 Å². The maximum Gasteiger partial charge on any atom is 0.229 e. The van der Waals surface area contributed by atoms with E-state index in [-0.39, 0.29) is 0 Å². The number of nitrogens with one attached hydrogen (secondary N) is 1. The first-order chi connectivity index (χ1) is 10.9. The molecule has 6 heteroatoms. The molecular formula is C16H23N5O. The SMILES string of the molecule is c1cc([C@@H]2CCCN(Cc3noc(C4CCCC4)n3)C2)[nH]n1. The average molecular weight is 301 g/mol. The fourth-order valence-corrected chi connectivity index (χ4v) is 3.82. The van der Waals surface area contributed by atoms with Crippen molar-refractivity contribution in [3.63, 3.8) is 0 Å². The van der Waals surface area contributed by atoms with Crippen LogP contribution in [-0.2, 0) is 6.54 Å². The summed E-state index contributed by atoms with van der Waals surface area (Å²) < 4.78 is 5.49. The van der Waals surface area contributed by atoms with E-state index in [1.807, 2.05) is 6.20 Å². The molecule has 118 valence electrons. The molecule has 2 fully saturated rings. The number of piperidine rings is 1. The first-order valence-electron chi connectivity index (χ1n) is 8.42. The number of H-pyrrole nitrogens is 1. The second kappa shape index (κ2) is 6.20. The van der Waals surface area contributed by atoms with Gasteiger partial charge in [-0.2, -0.15) is 10.1 Å². The van der Waals surface area contributed by atoms with Gasteiger partial charge in [0.25, 0.3) is 0 Å². The summed E-state index contributed by atoms with van der Waals surface area (Å²) >= 11 is 0. The molecule has 1 aliphatic carbocycles. The van der Waals surface area contributed by atoms with Crippen molar-refractivity contribution in [3.8, 4) is 0 Å². The maximum absolute atomic E-state index is 5.49. The third kappa shape index (κ3) is 2.92. The molecule has 0 amide bonds. The third-order valence-corrected chi connectivity index (χ3v) is 5.02. The van der Waals surface area contributed by atoms with Crippen LogP contribution in [0.2, 0.25) is 0 Å². The summed E-state index contributed by atoms with van der Waals surface area (Å²) in [5.74, 6) is 2.74. The lowest BCUT2D eigenvalue weighted by Gasteiger charge is -2.31. The number of likely N-dealkylation sites (tertiary alicyclic amines) is 1. The van der Waals surface area contributed by atoms with E-state index < -0.39 is 0 Å². The normalized spacial score (nSPS) is 24.1. The highest BCUT2D eigenvalue weighted by Crippen LogP contribution is 2.33. The Morgan fingerprint density at radius 2 is 2.05 bits per heavy atom. The molecule has 2 aliphatic rings. The zero-order valence-corrected chi connectivity index (χ0v) is 12.9. The Kier molecular flexibility index (Phi) is 3.93. The van der Waals surface area contributed by atoms with Crippen molar-refractivity contribution in [2.75, 3.05) is 13.1 Å². The van der Waals surface area contributed by atoms with Gasteiger partial charge in [-0.1, -0.05) is 18.0 Å². The molecule has 6 nitrogen and oxygen atoms in total. The van der Waals surface area contributed by atoms with Gasteiger partial charge in [0.15, 0.2) is 5.82 Å². The molecule has 1 N–H and O–H groups in total. The number of hydrogen-bond acceptors (Lipinski definition) is 5.